The molecule has 0 aromatic heterocycles. The van der Waals surface area contributed by atoms with Gasteiger partial charge in [-0.05, 0) is 36.8 Å². The number of amides is 1. The highest BCUT2D eigenvalue weighted by Gasteiger charge is 2.06. The summed E-state index contributed by atoms with van der Waals surface area (Å²) in [6.07, 6.45) is 0. The van der Waals surface area contributed by atoms with E-state index >= 15 is 0 Å². The van der Waals surface area contributed by atoms with E-state index in [1.165, 1.54) is 6.07 Å². The molecule has 0 saturated carbocycles. The van der Waals surface area contributed by atoms with Crippen molar-refractivity contribution in [2.75, 3.05) is 0 Å². The minimum Gasteiger partial charge on any atom is -0.348 e. The number of benzene rings is 2. The van der Waals surface area contributed by atoms with Crippen LogP contribution in [0.15, 0.2) is 42.5 Å². The van der Waals surface area contributed by atoms with Crippen molar-refractivity contribution < 1.29 is 13.6 Å². The Bertz CT molecular complexity index is 611. The molecule has 0 bridgehead atoms. The average molecular weight is 261 g/mol. The molecule has 98 valence electrons. The van der Waals surface area contributed by atoms with E-state index in [9.17, 15) is 13.6 Å². The molecule has 19 heavy (non-hydrogen) atoms. The van der Waals surface area contributed by atoms with E-state index in [2.05, 4.69) is 5.32 Å². The molecule has 2 nitrogen and oxygen atoms in total. The van der Waals surface area contributed by atoms with Crippen LogP contribution in [0.2, 0.25) is 0 Å². The molecule has 0 heterocycles. The van der Waals surface area contributed by atoms with Gasteiger partial charge < -0.3 is 5.32 Å². The molecule has 1 amide bonds. The van der Waals surface area contributed by atoms with Crippen LogP contribution in [-0.2, 0) is 6.54 Å². The van der Waals surface area contributed by atoms with Crippen molar-refractivity contribution in [1.82, 2.24) is 5.32 Å². The average Bonchev–Trinajstić information content (AvgIpc) is 2.40. The van der Waals surface area contributed by atoms with Crippen molar-refractivity contribution in [3.8, 4) is 0 Å². The maximum absolute atomic E-state index is 13.0. The second-order valence-electron chi connectivity index (χ2n) is 4.30. The van der Waals surface area contributed by atoms with E-state index in [0.717, 1.165) is 17.7 Å². The van der Waals surface area contributed by atoms with Crippen molar-refractivity contribution in [3.63, 3.8) is 0 Å². The lowest BCUT2D eigenvalue weighted by Gasteiger charge is -2.06. The first kappa shape index (κ1) is 13.2. The zero-order chi connectivity index (χ0) is 13.8. The van der Waals surface area contributed by atoms with Crippen LogP contribution in [-0.4, -0.2) is 5.91 Å². The largest absolute Gasteiger partial charge is 0.348 e. The van der Waals surface area contributed by atoms with Crippen molar-refractivity contribution in [2.45, 2.75) is 13.5 Å². The Hall–Kier alpha value is -2.23. The Labute approximate surface area is 110 Å². The molecule has 2 aromatic carbocycles. The van der Waals surface area contributed by atoms with Crippen LogP contribution in [0.1, 0.15) is 21.5 Å². The van der Waals surface area contributed by atoms with Crippen LogP contribution >= 0.6 is 0 Å². The summed E-state index contributed by atoms with van der Waals surface area (Å²) in [5, 5.41) is 2.66. The van der Waals surface area contributed by atoms with Crippen LogP contribution in [0, 0.1) is 18.6 Å². The van der Waals surface area contributed by atoms with E-state index < -0.39 is 11.6 Å². The molecule has 0 unspecified atom stereocenters. The smallest absolute Gasteiger partial charge is 0.251 e. The van der Waals surface area contributed by atoms with Crippen LogP contribution in [0.3, 0.4) is 0 Å². The lowest BCUT2D eigenvalue weighted by atomic mass is 10.1. The van der Waals surface area contributed by atoms with Gasteiger partial charge >= 0.3 is 0 Å². The lowest BCUT2D eigenvalue weighted by Crippen LogP contribution is -2.22. The minimum atomic E-state index is -0.915. The summed E-state index contributed by atoms with van der Waals surface area (Å²) < 4.78 is 25.7. The quantitative estimate of drug-likeness (QED) is 0.903. The number of aryl methyl sites for hydroxylation is 1. The summed E-state index contributed by atoms with van der Waals surface area (Å²) in [6, 6.07) is 10.7. The molecule has 0 aliphatic rings. The van der Waals surface area contributed by atoms with Gasteiger partial charge in [-0.2, -0.15) is 0 Å². The molecule has 4 heteroatoms. The van der Waals surface area contributed by atoms with E-state index in [0.29, 0.717) is 11.1 Å². The molecule has 0 aliphatic heterocycles. The van der Waals surface area contributed by atoms with E-state index in [4.69, 9.17) is 0 Å². The highest BCUT2D eigenvalue weighted by Crippen LogP contribution is 2.09. The van der Waals surface area contributed by atoms with Crippen molar-refractivity contribution in [3.05, 3.63) is 70.8 Å². The molecule has 0 aliphatic carbocycles. The van der Waals surface area contributed by atoms with Gasteiger partial charge in [0.05, 0.1) is 0 Å². The van der Waals surface area contributed by atoms with Gasteiger partial charge in [-0.15, -0.1) is 0 Å². The number of carbonyl (C=O) groups excluding carboxylic acids is 1. The topological polar surface area (TPSA) is 29.1 Å². The number of hydrogen-bond acceptors (Lipinski definition) is 1. The molecule has 1 N–H and O–H groups in total. The summed E-state index contributed by atoms with van der Waals surface area (Å²) in [6.45, 7) is 2.05. The van der Waals surface area contributed by atoms with Gasteiger partial charge in [0, 0.05) is 12.1 Å². The number of halogens is 2. The maximum Gasteiger partial charge on any atom is 0.251 e. The van der Waals surface area contributed by atoms with Gasteiger partial charge in [0.2, 0.25) is 0 Å². The van der Waals surface area contributed by atoms with E-state index in [-0.39, 0.29) is 12.5 Å². The van der Waals surface area contributed by atoms with Gasteiger partial charge in [-0.25, -0.2) is 8.78 Å². The Morgan fingerprint density at radius 1 is 1.11 bits per heavy atom. The second kappa shape index (κ2) is 5.61. The zero-order valence-corrected chi connectivity index (χ0v) is 10.4. The predicted molar refractivity (Wildman–Crippen MR) is 68.7 cm³/mol. The first-order chi connectivity index (χ1) is 9.06. The van der Waals surface area contributed by atoms with Crippen LogP contribution in [0.25, 0.3) is 0 Å². The van der Waals surface area contributed by atoms with Gasteiger partial charge in [-0.1, -0.05) is 23.8 Å². The fourth-order valence-corrected chi connectivity index (χ4v) is 1.72. The van der Waals surface area contributed by atoms with Crippen LogP contribution < -0.4 is 5.32 Å². The predicted octanol–water partition coefficient (Wildman–Crippen LogP) is 3.20. The van der Waals surface area contributed by atoms with Crippen molar-refractivity contribution in [2.24, 2.45) is 0 Å². The van der Waals surface area contributed by atoms with Crippen molar-refractivity contribution >= 4 is 5.91 Å². The zero-order valence-electron chi connectivity index (χ0n) is 10.4. The number of rotatable bonds is 3. The highest BCUT2D eigenvalue weighted by atomic mass is 19.2. The molecular formula is C15H13F2NO. The minimum absolute atomic E-state index is 0.157. The Kier molecular flexibility index (Phi) is 3.90. The first-order valence-corrected chi connectivity index (χ1v) is 5.85. The van der Waals surface area contributed by atoms with Crippen LogP contribution in [0.4, 0.5) is 8.78 Å². The fourth-order valence-electron chi connectivity index (χ4n) is 1.72. The molecule has 0 atom stereocenters. The number of nitrogens with one attached hydrogen (secondary N) is 1. The first-order valence-electron chi connectivity index (χ1n) is 5.85. The Balaban J connectivity index is 2.02. The summed E-state index contributed by atoms with van der Waals surface area (Å²) in [7, 11) is 0. The molecule has 0 fully saturated rings. The summed E-state index contributed by atoms with van der Waals surface area (Å²) in [5.41, 5.74) is 2.04. The fraction of sp³-hybridized carbons (Fsp3) is 0.133. The third-order valence-corrected chi connectivity index (χ3v) is 2.72. The molecule has 2 rings (SSSR count). The van der Waals surface area contributed by atoms with Gasteiger partial charge in [-0.3, -0.25) is 4.79 Å². The normalized spacial score (nSPS) is 10.3. The van der Waals surface area contributed by atoms with E-state index in [1.54, 1.807) is 18.2 Å². The molecule has 0 saturated heterocycles. The monoisotopic (exact) mass is 261 g/mol. The van der Waals surface area contributed by atoms with E-state index in [1.807, 2.05) is 13.0 Å². The lowest BCUT2D eigenvalue weighted by molar-refractivity contribution is 0.0951. The third-order valence-electron chi connectivity index (χ3n) is 2.72. The highest BCUT2D eigenvalue weighted by molar-refractivity contribution is 5.94. The van der Waals surface area contributed by atoms with Crippen molar-refractivity contribution in [1.29, 1.82) is 0 Å². The molecular weight excluding hydrogens is 248 g/mol. The van der Waals surface area contributed by atoms with Gasteiger partial charge in [0.25, 0.3) is 5.91 Å². The SMILES string of the molecule is Cc1cccc(C(=O)NCc2ccc(F)c(F)c2)c1. The Morgan fingerprint density at radius 3 is 2.58 bits per heavy atom. The van der Waals surface area contributed by atoms with Gasteiger partial charge in [0.15, 0.2) is 11.6 Å². The Morgan fingerprint density at radius 2 is 1.89 bits per heavy atom. The third kappa shape index (κ3) is 3.37. The maximum atomic E-state index is 13.0. The standard InChI is InChI=1S/C15H13F2NO/c1-10-3-2-4-12(7-10)15(19)18-9-11-5-6-13(16)14(17)8-11/h2-8H,9H2,1H3,(H,18,19). The van der Waals surface area contributed by atoms with Gasteiger partial charge in [0.1, 0.15) is 0 Å². The summed E-state index contributed by atoms with van der Waals surface area (Å²) in [4.78, 5) is 11.8. The summed E-state index contributed by atoms with van der Waals surface area (Å²) >= 11 is 0. The number of hydrogen-bond donors (Lipinski definition) is 1. The molecule has 0 radical (unpaired) electrons. The van der Waals surface area contributed by atoms with Crippen LogP contribution in [0.5, 0.6) is 0 Å². The molecule has 2 aromatic rings. The second-order valence-corrected chi connectivity index (χ2v) is 4.30. The summed E-state index contributed by atoms with van der Waals surface area (Å²) in [5.74, 6) is -2.05. The number of carbonyl (C=O) groups is 1. The molecule has 0 spiro atoms.